The number of amides is 1. The van der Waals surface area contributed by atoms with E-state index in [1.807, 2.05) is 0 Å². The fourth-order valence-electron chi connectivity index (χ4n) is 4.05. The van der Waals surface area contributed by atoms with E-state index >= 15 is 0 Å². The largest absolute Gasteiger partial charge is 0.507 e. The number of esters is 1. The minimum Gasteiger partial charge on any atom is -0.507 e. The highest BCUT2D eigenvalue weighted by atomic mass is 35.5. The predicted octanol–water partition coefficient (Wildman–Crippen LogP) is 5.39. The van der Waals surface area contributed by atoms with Crippen LogP contribution in [0.1, 0.15) is 38.1 Å². The number of aryl methyl sites for hydroxylation is 2. The van der Waals surface area contributed by atoms with E-state index in [0.29, 0.717) is 39.8 Å². The first-order chi connectivity index (χ1) is 17.7. The number of Topliss-reactive ketones (excluding diaryl/α,β-unsaturated/α-hetero) is 1. The molecule has 2 heterocycles. The molecule has 1 fully saturated rings. The van der Waals surface area contributed by atoms with E-state index in [0.717, 1.165) is 11.3 Å². The number of ether oxygens (including phenoxy) is 2. The third-order valence-electron chi connectivity index (χ3n) is 5.81. The molecule has 37 heavy (non-hydrogen) atoms. The van der Waals surface area contributed by atoms with Crippen LogP contribution in [0.4, 0.5) is 5.13 Å². The number of aromatic nitrogens is 1. The van der Waals surface area contributed by atoms with Crippen molar-refractivity contribution < 1.29 is 29.0 Å². The number of hydrogen-bond acceptors (Lipinski definition) is 8. The Kier molecular flexibility index (Phi) is 7.47. The Labute approximate surface area is 222 Å². The quantitative estimate of drug-likeness (QED) is 0.141. The van der Waals surface area contributed by atoms with Gasteiger partial charge in [-0.15, -0.1) is 0 Å². The standard InChI is InChI=1S/C27H23ClN2O6S/c1-5-12-36-18-10-11-19(14(2)13-18)22(31)20-21(16-6-8-17(28)9-7-16)30(25(33)23(20)32)27-29-15(3)24(37-27)26(34)35-4/h5-11,13,21,31H,1,12H2,2-4H3. The first-order valence-corrected chi connectivity index (χ1v) is 12.3. The molecule has 0 radical (unpaired) electrons. The number of halogens is 1. The molecule has 0 bridgehead atoms. The summed E-state index contributed by atoms with van der Waals surface area (Å²) in [6, 6.07) is 10.6. The molecular formula is C27H23ClN2O6S. The normalized spacial score (nSPS) is 16.6. The van der Waals surface area contributed by atoms with Crippen LogP contribution in [0.25, 0.3) is 5.76 Å². The lowest BCUT2D eigenvalue weighted by Crippen LogP contribution is -2.29. The second kappa shape index (κ2) is 10.6. The van der Waals surface area contributed by atoms with Gasteiger partial charge in [-0.3, -0.25) is 14.5 Å². The molecule has 1 amide bonds. The number of carbonyl (C=O) groups excluding carboxylic acids is 3. The van der Waals surface area contributed by atoms with Crippen molar-refractivity contribution in [3.63, 3.8) is 0 Å². The van der Waals surface area contributed by atoms with Crippen molar-refractivity contribution in [3.8, 4) is 5.75 Å². The maximum Gasteiger partial charge on any atom is 0.350 e. The van der Waals surface area contributed by atoms with E-state index in [-0.39, 0.29) is 21.3 Å². The number of nitrogens with zero attached hydrogens (tertiary/aromatic N) is 2. The Morgan fingerprint density at radius 1 is 1.22 bits per heavy atom. The average molecular weight is 539 g/mol. The molecule has 1 aliphatic rings. The first kappa shape index (κ1) is 26.1. The van der Waals surface area contributed by atoms with E-state index in [1.165, 1.54) is 12.0 Å². The Bertz CT molecular complexity index is 1440. The molecule has 8 nitrogen and oxygen atoms in total. The van der Waals surface area contributed by atoms with Gasteiger partial charge in [-0.25, -0.2) is 9.78 Å². The highest BCUT2D eigenvalue weighted by Gasteiger charge is 2.48. The molecule has 1 N–H and O–H groups in total. The molecule has 1 aliphatic heterocycles. The molecule has 2 aromatic carbocycles. The number of aliphatic hydroxyl groups excluding tert-OH is 1. The molecule has 1 unspecified atom stereocenters. The predicted molar refractivity (Wildman–Crippen MR) is 141 cm³/mol. The van der Waals surface area contributed by atoms with Crippen LogP contribution in [0.3, 0.4) is 0 Å². The SMILES string of the molecule is C=CCOc1ccc(C(O)=C2C(=O)C(=O)N(c3nc(C)c(C(=O)OC)s3)C2c2ccc(Cl)cc2)c(C)c1. The molecular weight excluding hydrogens is 516 g/mol. The maximum absolute atomic E-state index is 13.4. The molecule has 4 rings (SSSR count). The first-order valence-electron chi connectivity index (χ1n) is 11.1. The van der Waals surface area contributed by atoms with E-state index in [2.05, 4.69) is 11.6 Å². The zero-order chi connectivity index (χ0) is 26.9. The summed E-state index contributed by atoms with van der Waals surface area (Å²) in [6.45, 7) is 7.31. The molecule has 10 heteroatoms. The van der Waals surface area contributed by atoms with Crippen LogP contribution in [0.2, 0.25) is 5.02 Å². The molecule has 3 aromatic rings. The zero-order valence-electron chi connectivity index (χ0n) is 20.3. The molecule has 0 aliphatic carbocycles. The lowest BCUT2D eigenvalue weighted by atomic mass is 9.94. The Morgan fingerprint density at radius 2 is 1.92 bits per heavy atom. The van der Waals surface area contributed by atoms with Gasteiger partial charge in [-0.05, 0) is 55.3 Å². The van der Waals surface area contributed by atoms with Gasteiger partial charge in [0.1, 0.15) is 23.0 Å². The third kappa shape index (κ3) is 4.87. The highest BCUT2D eigenvalue weighted by Crippen LogP contribution is 2.44. The summed E-state index contributed by atoms with van der Waals surface area (Å²) < 4.78 is 10.4. The Balaban J connectivity index is 1.89. The van der Waals surface area contributed by atoms with Crippen molar-refractivity contribution in [2.75, 3.05) is 18.6 Å². The second-order valence-electron chi connectivity index (χ2n) is 8.20. The van der Waals surface area contributed by atoms with Gasteiger partial charge in [0.05, 0.1) is 24.4 Å². The zero-order valence-corrected chi connectivity index (χ0v) is 21.9. The maximum atomic E-state index is 13.4. The van der Waals surface area contributed by atoms with Crippen LogP contribution >= 0.6 is 22.9 Å². The second-order valence-corrected chi connectivity index (χ2v) is 9.61. The van der Waals surface area contributed by atoms with Crippen LogP contribution in [0, 0.1) is 13.8 Å². The summed E-state index contributed by atoms with van der Waals surface area (Å²) in [5.74, 6) is -2.13. The van der Waals surface area contributed by atoms with E-state index < -0.39 is 23.7 Å². The van der Waals surface area contributed by atoms with Crippen molar-refractivity contribution in [1.29, 1.82) is 0 Å². The number of thiazole rings is 1. The number of rotatable bonds is 7. The Morgan fingerprint density at radius 3 is 2.54 bits per heavy atom. The number of hydrogen-bond donors (Lipinski definition) is 1. The van der Waals surface area contributed by atoms with Crippen LogP contribution in [0.15, 0.2) is 60.7 Å². The van der Waals surface area contributed by atoms with Gasteiger partial charge >= 0.3 is 11.9 Å². The topological polar surface area (TPSA) is 106 Å². The summed E-state index contributed by atoms with van der Waals surface area (Å²) in [5, 5.41) is 12.0. The number of ketones is 1. The van der Waals surface area contributed by atoms with Crippen molar-refractivity contribution in [2.24, 2.45) is 0 Å². The van der Waals surface area contributed by atoms with E-state index in [9.17, 15) is 19.5 Å². The van der Waals surface area contributed by atoms with Crippen molar-refractivity contribution in [1.82, 2.24) is 4.98 Å². The molecule has 1 aromatic heterocycles. The summed E-state index contributed by atoms with van der Waals surface area (Å²) in [5.41, 5.74) is 1.78. The summed E-state index contributed by atoms with van der Waals surface area (Å²) in [6.07, 6.45) is 1.61. The molecule has 0 spiro atoms. The van der Waals surface area contributed by atoms with Gasteiger partial charge in [0.2, 0.25) is 0 Å². The van der Waals surface area contributed by atoms with Gasteiger partial charge in [-0.2, -0.15) is 0 Å². The third-order valence-corrected chi connectivity index (χ3v) is 7.20. The van der Waals surface area contributed by atoms with Crippen LogP contribution < -0.4 is 9.64 Å². The number of benzene rings is 2. The van der Waals surface area contributed by atoms with Crippen molar-refractivity contribution in [2.45, 2.75) is 19.9 Å². The lowest BCUT2D eigenvalue weighted by Gasteiger charge is -2.23. The van der Waals surface area contributed by atoms with E-state index in [1.54, 1.807) is 62.4 Å². The van der Waals surface area contributed by atoms with Crippen molar-refractivity contribution >= 4 is 51.5 Å². The summed E-state index contributed by atoms with van der Waals surface area (Å²) in [4.78, 5) is 44.7. The number of methoxy groups -OCH3 is 1. The fourth-order valence-corrected chi connectivity index (χ4v) is 5.19. The number of anilines is 1. The minimum atomic E-state index is -1.01. The van der Waals surface area contributed by atoms with Gasteiger partial charge < -0.3 is 14.6 Å². The molecule has 1 atom stereocenters. The monoisotopic (exact) mass is 538 g/mol. The van der Waals surface area contributed by atoms with Gasteiger partial charge in [0.15, 0.2) is 5.13 Å². The Hall–Kier alpha value is -3.95. The summed E-state index contributed by atoms with van der Waals surface area (Å²) in [7, 11) is 1.25. The van der Waals surface area contributed by atoms with Crippen LogP contribution in [0.5, 0.6) is 5.75 Å². The summed E-state index contributed by atoms with van der Waals surface area (Å²) >= 11 is 7.01. The van der Waals surface area contributed by atoms with Crippen LogP contribution in [-0.4, -0.2) is 41.5 Å². The smallest absolute Gasteiger partial charge is 0.350 e. The number of carbonyl (C=O) groups is 3. The van der Waals surface area contributed by atoms with E-state index in [4.69, 9.17) is 21.1 Å². The van der Waals surface area contributed by atoms with Gasteiger partial charge in [0, 0.05) is 10.6 Å². The van der Waals surface area contributed by atoms with Crippen LogP contribution in [-0.2, 0) is 14.3 Å². The lowest BCUT2D eigenvalue weighted by molar-refractivity contribution is -0.132. The highest BCUT2D eigenvalue weighted by molar-refractivity contribution is 7.17. The molecule has 1 saturated heterocycles. The number of aliphatic hydroxyl groups is 1. The molecule has 190 valence electrons. The van der Waals surface area contributed by atoms with Crippen molar-refractivity contribution in [3.05, 3.63) is 93.0 Å². The van der Waals surface area contributed by atoms with Gasteiger partial charge in [0.25, 0.3) is 5.78 Å². The average Bonchev–Trinajstić information content (AvgIpc) is 3.39. The molecule has 0 saturated carbocycles. The fraction of sp³-hybridized carbons (Fsp3) is 0.185. The minimum absolute atomic E-state index is 0.109. The van der Waals surface area contributed by atoms with Gasteiger partial charge in [-0.1, -0.05) is 47.7 Å².